The molecule has 0 aliphatic rings. The van der Waals surface area contributed by atoms with Crippen LogP contribution in [0.2, 0.25) is 0 Å². The van der Waals surface area contributed by atoms with Crippen LogP contribution < -0.4 is 0 Å². The summed E-state index contributed by atoms with van der Waals surface area (Å²) in [6.45, 7) is 2.93. The summed E-state index contributed by atoms with van der Waals surface area (Å²) in [7, 11) is 0. The molecule has 2 rings (SSSR count). The van der Waals surface area contributed by atoms with Crippen LogP contribution in [0.25, 0.3) is 11.0 Å². The van der Waals surface area contributed by atoms with Gasteiger partial charge in [0.15, 0.2) is 0 Å². The van der Waals surface area contributed by atoms with Crippen molar-refractivity contribution < 1.29 is 0 Å². The summed E-state index contributed by atoms with van der Waals surface area (Å²) in [5.41, 5.74) is 2.19. The first-order valence-corrected chi connectivity index (χ1v) is 6.18. The Morgan fingerprint density at radius 2 is 2.18 bits per heavy atom. The van der Waals surface area contributed by atoms with Gasteiger partial charge in [-0.1, -0.05) is 25.5 Å². The lowest BCUT2D eigenvalue weighted by Gasteiger charge is -2.06. The van der Waals surface area contributed by atoms with E-state index in [9.17, 15) is 0 Å². The number of unbranched alkanes of at least 4 members (excludes halogenated alkanes) is 1. The van der Waals surface area contributed by atoms with Gasteiger partial charge >= 0.3 is 0 Å². The van der Waals surface area contributed by atoms with Crippen LogP contribution in [0, 0.1) is 11.3 Å². The zero-order valence-electron chi connectivity index (χ0n) is 10.2. The fraction of sp³-hybridized carbons (Fsp3) is 0.429. The third kappa shape index (κ3) is 2.47. The van der Waals surface area contributed by atoms with Crippen LogP contribution in [0.15, 0.2) is 24.3 Å². The largest absolute Gasteiger partial charge is 0.327 e. The van der Waals surface area contributed by atoms with Crippen molar-refractivity contribution in [1.29, 1.82) is 5.26 Å². The molecule has 0 fully saturated rings. The predicted octanol–water partition coefficient (Wildman–Crippen LogP) is 3.29. The molecule has 0 bridgehead atoms. The second kappa shape index (κ2) is 5.49. The SMILES string of the molecule is CCCCc1nc2ccccc2n1CCC#N. The van der Waals surface area contributed by atoms with Crippen molar-refractivity contribution in [3.05, 3.63) is 30.1 Å². The van der Waals surface area contributed by atoms with Crippen LogP contribution in [-0.2, 0) is 13.0 Å². The molecule has 1 aromatic heterocycles. The van der Waals surface area contributed by atoms with Crippen LogP contribution in [-0.4, -0.2) is 9.55 Å². The number of nitriles is 1. The van der Waals surface area contributed by atoms with E-state index in [1.54, 1.807) is 0 Å². The average Bonchev–Trinajstić information content (AvgIpc) is 2.71. The minimum absolute atomic E-state index is 0.541. The number of fused-ring (bicyclic) bond motifs is 1. The lowest BCUT2D eigenvalue weighted by Crippen LogP contribution is -2.03. The zero-order valence-corrected chi connectivity index (χ0v) is 10.2. The second-order valence-corrected chi connectivity index (χ2v) is 4.18. The third-order valence-corrected chi connectivity index (χ3v) is 2.93. The number of hydrogen-bond donors (Lipinski definition) is 0. The van der Waals surface area contributed by atoms with Gasteiger partial charge in [-0.3, -0.25) is 0 Å². The Bertz CT molecular complexity index is 534. The van der Waals surface area contributed by atoms with Crippen molar-refractivity contribution in [2.24, 2.45) is 0 Å². The number of benzene rings is 1. The highest BCUT2D eigenvalue weighted by atomic mass is 15.1. The Kier molecular flexibility index (Phi) is 3.77. The molecule has 17 heavy (non-hydrogen) atoms. The van der Waals surface area contributed by atoms with E-state index < -0.39 is 0 Å². The van der Waals surface area contributed by atoms with E-state index in [0.717, 1.165) is 36.2 Å². The molecular weight excluding hydrogens is 210 g/mol. The van der Waals surface area contributed by atoms with Crippen molar-refractivity contribution in [3.8, 4) is 6.07 Å². The summed E-state index contributed by atoms with van der Waals surface area (Å²) in [6.07, 6.45) is 3.85. The summed E-state index contributed by atoms with van der Waals surface area (Å²) in [5, 5.41) is 8.72. The maximum atomic E-state index is 8.72. The molecule has 1 aromatic carbocycles. The molecule has 3 heteroatoms. The number of aromatic nitrogens is 2. The molecule has 0 unspecified atom stereocenters. The zero-order chi connectivity index (χ0) is 12.1. The van der Waals surface area contributed by atoms with Gasteiger partial charge in [0, 0.05) is 13.0 Å². The van der Waals surface area contributed by atoms with Gasteiger partial charge in [0.25, 0.3) is 0 Å². The van der Waals surface area contributed by atoms with Crippen LogP contribution in [0.4, 0.5) is 0 Å². The highest BCUT2D eigenvalue weighted by molar-refractivity contribution is 5.75. The number of imidazole rings is 1. The van der Waals surface area contributed by atoms with Crippen molar-refractivity contribution in [1.82, 2.24) is 9.55 Å². The van der Waals surface area contributed by atoms with Crippen molar-refractivity contribution in [2.45, 2.75) is 39.2 Å². The van der Waals surface area contributed by atoms with E-state index in [1.807, 2.05) is 18.2 Å². The number of rotatable bonds is 5. The van der Waals surface area contributed by atoms with E-state index in [4.69, 9.17) is 5.26 Å². The molecule has 1 heterocycles. The molecule has 0 radical (unpaired) electrons. The van der Waals surface area contributed by atoms with Gasteiger partial charge in [0.1, 0.15) is 5.82 Å². The van der Waals surface area contributed by atoms with Crippen molar-refractivity contribution in [3.63, 3.8) is 0 Å². The number of para-hydroxylation sites is 2. The first-order chi connectivity index (χ1) is 8.36. The Labute approximate surface area is 102 Å². The number of aryl methyl sites for hydroxylation is 2. The summed E-state index contributed by atoms with van der Waals surface area (Å²) in [4.78, 5) is 4.66. The van der Waals surface area contributed by atoms with Gasteiger partial charge in [-0.05, 0) is 18.6 Å². The van der Waals surface area contributed by atoms with Crippen LogP contribution in [0.5, 0.6) is 0 Å². The van der Waals surface area contributed by atoms with E-state index in [-0.39, 0.29) is 0 Å². The molecule has 0 aliphatic heterocycles. The lowest BCUT2D eigenvalue weighted by atomic mass is 10.2. The highest BCUT2D eigenvalue weighted by Crippen LogP contribution is 2.17. The Balaban J connectivity index is 2.38. The van der Waals surface area contributed by atoms with Crippen molar-refractivity contribution in [2.75, 3.05) is 0 Å². The van der Waals surface area contributed by atoms with Gasteiger partial charge in [0.05, 0.1) is 23.5 Å². The maximum Gasteiger partial charge on any atom is 0.109 e. The monoisotopic (exact) mass is 227 g/mol. The number of hydrogen-bond acceptors (Lipinski definition) is 2. The molecular formula is C14H17N3. The first-order valence-electron chi connectivity index (χ1n) is 6.18. The van der Waals surface area contributed by atoms with Gasteiger partial charge < -0.3 is 4.57 Å². The topological polar surface area (TPSA) is 41.6 Å². The van der Waals surface area contributed by atoms with Gasteiger partial charge in [-0.2, -0.15) is 5.26 Å². The summed E-state index contributed by atoms with van der Waals surface area (Å²) >= 11 is 0. The van der Waals surface area contributed by atoms with Crippen LogP contribution >= 0.6 is 0 Å². The van der Waals surface area contributed by atoms with Crippen LogP contribution in [0.3, 0.4) is 0 Å². The van der Waals surface area contributed by atoms with Gasteiger partial charge in [-0.15, -0.1) is 0 Å². The Hall–Kier alpha value is -1.82. The van der Waals surface area contributed by atoms with E-state index in [1.165, 1.54) is 6.42 Å². The van der Waals surface area contributed by atoms with E-state index >= 15 is 0 Å². The summed E-state index contributed by atoms with van der Waals surface area (Å²) in [5.74, 6) is 1.11. The van der Waals surface area contributed by atoms with Crippen molar-refractivity contribution >= 4 is 11.0 Å². The number of nitrogens with zero attached hydrogens (tertiary/aromatic N) is 3. The van der Waals surface area contributed by atoms with Crippen LogP contribution in [0.1, 0.15) is 32.0 Å². The quantitative estimate of drug-likeness (QED) is 0.786. The molecule has 0 spiro atoms. The maximum absolute atomic E-state index is 8.72. The molecule has 2 aromatic rings. The fourth-order valence-corrected chi connectivity index (χ4v) is 2.06. The minimum Gasteiger partial charge on any atom is -0.327 e. The summed E-state index contributed by atoms with van der Waals surface area (Å²) < 4.78 is 2.19. The molecule has 0 atom stereocenters. The smallest absolute Gasteiger partial charge is 0.109 e. The van der Waals surface area contributed by atoms with E-state index in [0.29, 0.717) is 6.42 Å². The predicted molar refractivity (Wildman–Crippen MR) is 68.6 cm³/mol. The second-order valence-electron chi connectivity index (χ2n) is 4.18. The summed E-state index contributed by atoms with van der Waals surface area (Å²) in [6, 6.07) is 10.4. The van der Waals surface area contributed by atoms with Gasteiger partial charge in [0.2, 0.25) is 0 Å². The normalized spacial score (nSPS) is 10.6. The molecule has 0 saturated heterocycles. The Morgan fingerprint density at radius 3 is 2.94 bits per heavy atom. The molecule has 0 aliphatic carbocycles. The minimum atomic E-state index is 0.541. The Morgan fingerprint density at radius 1 is 1.35 bits per heavy atom. The standard InChI is InChI=1S/C14H17N3/c1-2-3-9-14-16-12-7-4-5-8-13(12)17(14)11-6-10-15/h4-5,7-8H,2-3,6,9,11H2,1H3. The lowest BCUT2D eigenvalue weighted by molar-refractivity contribution is 0.654. The molecule has 0 N–H and O–H groups in total. The molecule has 0 amide bonds. The highest BCUT2D eigenvalue weighted by Gasteiger charge is 2.09. The molecule has 3 nitrogen and oxygen atoms in total. The third-order valence-electron chi connectivity index (χ3n) is 2.93. The van der Waals surface area contributed by atoms with Gasteiger partial charge in [-0.25, -0.2) is 4.98 Å². The average molecular weight is 227 g/mol. The fourth-order valence-electron chi connectivity index (χ4n) is 2.06. The van der Waals surface area contributed by atoms with E-state index in [2.05, 4.69) is 28.6 Å². The molecule has 0 saturated carbocycles. The molecule has 88 valence electrons. The first kappa shape index (κ1) is 11.7.